The van der Waals surface area contributed by atoms with Crippen LogP contribution >= 0.6 is 11.6 Å². The number of likely N-dealkylation sites (tertiary alicyclic amines) is 1. The highest BCUT2D eigenvalue weighted by Gasteiger charge is 2.22. The fourth-order valence-electron chi connectivity index (χ4n) is 1.87. The van der Waals surface area contributed by atoms with E-state index in [1.165, 1.54) is 4.90 Å². The number of nitrogens with zero attached hydrogens (tertiary/aromatic N) is 1. The zero-order valence-electron chi connectivity index (χ0n) is 9.78. The Morgan fingerprint density at radius 1 is 1.50 bits per heavy atom. The van der Waals surface area contributed by atoms with Crippen LogP contribution in [0.4, 0.5) is 11.4 Å². The molecule has 1 fully saturated rings. The lowest BCUT2D eigenvalue weighted by Crippen LogP contribution is -2.34. The zero-order valence-corrected chi connectivity index (χ0v) is 10.5. The second kappa shape index (κ2) is 5.27. The number of nitrogens with two attached hydrogens (primary N) is 1. The van der Waals surface area contributed by atoms with Gasteiger partial charge in [-0.2, -0.15) is 0 Å². The molecule has 0 radical (unpaired) electrons. The van der Waals surface area contributed by atoms with Crippen molar-refractivity contribution in [2.75, 3.05) is 24.1 Å². The quantitative estimate of drug-likeness (QED) is 0.815. The third-order valence-electron chi connectivity index (χ3n) is 2.77. The van der Waals surface area contributed by atoms with Gasteiger partial charge < -0.3 is 16.0 Å². The molecule has 0 saturated carbocycles. The summed E-state index contributed by atoms with van der Waals surface area (Å²) >= 11 is 5.93. The molecule has 0 atom stereocenters. The molecule has 2 amide bonds. The average molecular weight is 268 g/mol. The van der Waals surface area contributed by atoms with Crippen LogP contribution in [0.1, 0.15) is 12.8 Å². The Hall–Kier alpha value is -1.75. The number of hydrogen-bond acceptors (Lipinski definition) is 3. The normalized spacial score (nSPS) is 14.9. The highest BCUT2D eigenvalue weighted by atomic mass is 35.5. The summed E-state index contributed by atoms with van der Waals surface area (Å²) in [6.07, 6.45) is 1.33. The fourth-order valence-corrected chi connectivity index (χ4v) is 2.04. The maximum Gasteiger partial charge on any atom is 0.244 e. The Labute approximate surface area is 110 Å². The third kappa shape index (κ3) is 2.92. The van der Waals surface area contributed by atoms with Crippen LogP contribution in [-0.2, 0) is 9.59 Å². The first-order valence-corrected chi connectivity index (χ1v) is 6.07. The molecule has 0 spiro atoms. The van der Waals surface area contributed by atoms with Crippen LogP contribution in [-0.4, -0.2) is 29.8 Å². The number of nitrogens with one attached hydrogen (secondary N) is 1. The van der Waals surface area contributed by atoms with Gasteiger partial charge in [0.15, 0.2) is 0 Å². The Morgan fingerprint density at radius 2 is 2.28 bits per heavy atom. The van der Waals surface area contributed by atoms with Crippen LogP contribution in [0.15, 0.2) is 18.2 Å². The average Bonchev–Trinajstić information content (AvgIpc) is 2.70. The highest BCUT2D eigenvalue weighted by Crippen LogP contribution is 2.24. The van der Waals surface area contributed by atoms with Crippen LogP contribution in [0.5, 0.6) is 0 Å². The lowest BCUT2D eigenvalue weighted by Gasteiger charge is -2.15. The summed E-state index contributed by atoms with van der Waals surface area (Å²) in [7, 11) is 0. The van der Waals surface area contributed by atoms with E-state index in [0.717, 1.165) is 6.42 Å². The minimum atomic E-state index is -0.266. The van der Waals surface area contributed by atoms with E-state index in [-0.39, 0.29) is 18.4 Å². The molecule has 0 aliphatic carbocycles. The number of carbonyl (C=O) groups excluding carboxylic acids is 2. The van der Waals surface area contributed by atoms with Crippen molar-refractivity contribution in [2.45, 2.75) is 12.8 Å². The van der Waals surface area contributed by atoms with Gasteiger partial charge in [-0.05, 0) is 24.6 Å². The van der Waals surface area contributed by atoms with Gasteiger partial charge in [-0.3, -0.25) is 9.59 Å². The summed E-state index contributed by atoms with van der Waals surface area (Å²) in [5.74, 6) is -0.249. The second-order valence-electron chi connectivity index (χ2n) is 4.21. The topological polar surface area (TPSA) is 75.4 Å². The van der Waals surface area contributed by atoms with Crippen molar-refractivity contribution >= 4 is 34.8 Å². The van der Waals surface area contributed by atoms with Gasteiger partial charge in [0.25, 0.3) is 0 Å². The molecular weight excluding hydrogens is 254 g/mol. The third-order valence-corrected chi connectivity index (χ3v) is 3.10. The highest BCUT2D eigenvalue weighted by molar-refractivity contribution is 6.33. The smallest absolute Gasteiger partial charge is 0.244 e. The van der Waals surface area contributed by atoms with Gasteiger partial charge in [0.2, 0.25) is 11.8 Å². The van der Waals surface area contributed by atoms with Gasteiger partial charge in [-0.1, -0.05) is 11.6 Å². The van der Waals surface area contributed by atoms with Crippen LogP contribution in [0.2, 0.25) is 5.02 Å². The predicted molar refractivity (Wildman–Crippen MR) is 70.3 cm³/mol. The number of hydrogen-bond donors (Lipinski definition) is 2. The molecule has 3 N–H and O–H groups in total. The number of benzene rings is 1. The summed E-state index contributed by atoms with van der Waals surface area (Å²) in [4.78, 5) is 24.7. The van der Waals surface area contributed by atoms with E-state index in [1.54, 1.807) is 18.2 Å². The Kier molecular flexibility index (Phi) is 3.72. The van der Waals surface area contributed by atoms with Gasteiger partial charge in [0.05, 0.1) is 17.3 Å². The summed E-state index contributed by atoms with van der Waals surface area (Å²) in [6, 6.07) is 4.86. The summed E-state index contributed by atoms with van der Waals surface area (Å²) < 4.78 is 0. The first-order valence-electron chi connectivity index (χ1n) is 5.69. The largest absolute Gasteiger partial charge is 0.399 e. The van der Waals surface area contributed by atoms with Crippen molar-refractivity contribution in [2.24, 2.45) is 0 Å². The molecule has 96 valence electrons. The number of rotatable bonds is 3. The van der Waals surface area contributed by atoms with Crippen molar-refractivity contribution in [3.63, 3.8) is 0 Å². The molecule has 1 heterocycles. The molecule has 1 aliphatic rings. The van der Waals surface area contributed by atoms with E-state index >= 15 is 0 Å². The molecule has 0 bridgehead atoms. The van der Waals surface area contributed by atoms with Crippen molar-refractivity contribution in [1.29, 1.82) is 0 Å². The van der Waals surface area contributed by atoms with Crippen molar-refractivity contribution in [1.82, 2.24) is 4.90 Å². The number of anilines is 2. The standard InChI is InChI=1S/C12H14ClN3O2/c13-9-4-3-8(14)6-10(9)15-11(17)7-16-5-1-2-12(16)18/h3-4,6H,1-2,5,7,14H2,(H,15,17). The first kappa shape index (κ1) is 12.7. The maximum atomic E-state index is 11.8. The van der Waals surface area contributed by atoms with E-state index < -0.39 is 0 Å². The molecule has 1 aromatic rings. The van der Waals surface area contributed by atoms with Crippen LogP contribution < -0.4 is 11.1 Å². The Balaban J connectivity index is 1.98. The maximum absolute atomic E-state index is 11.8. The van der Waals surface area contributed by atoms with E-state index in [1.807, 2.05) is 0 Å². The molecule has 18 heavy (non-hydrogen) atoms. The molecule has 5 nitrogen and oxygen atoms in total. The number of carbonyl (C=O) groups is 2. The van der Waals surface area contributed by atoms with Gasteiger partial charge in [0.1, 0.15) is 0 Å². The van der Waals surface area contributed by atoms with Crippen molar-refractivity contribution in [3.8, 4) is 0 Å². The van der Waals surface area contributed by atoms with Gasteiger partial charge in [0, 0.05) is 18.7 Å². The zero-order chi connectivity index (χ0) is 13.1. The molecule has 1 aliphatic heterocycles. The predicted octanol–water partition coefficient (Wildman–Crippen LogP) is 1.48. The minimum Gasteiger partial charge on any atom is -0.399 e. The molecule has 2 rings (SSSR count). The molecule has 1 aromatic carbocycles. The van der Waals surface area contributed by atoms with Gasteiger partial charge in [-0.25, -0.2) is 0 Å². The number of nitrogen functional groups attached to an aromatic ring is 1. The summed E-state index contributed by atoms with van der Waals surface area (Å²) in [5.41, 5.74) is 6.60. The van der Waals surface area contributed by atoms with Crippen LogP contribution in [0, 0.1) is 0 Å². The Morgan fingerprint density at radius 3 is 2.94 bits per heavy atom. The van der Waals surface area contributed by atoms with Crippen molar-refractivity contribution in [3.05, 3.63) is 23.2 Å². The lowest BCUT2D eigenvalue weighted by molar-refractivity contribution is -0.131. The van der Waals surface area contributed by atoms with Crippen LogP contribution in [0.25, 0.3) is 0 Å². The SMILES string of the molecule is Nc1ccc(Cl)c(NC(=O)CN2CCCC2=O)c1. The second-order valence-corrected chi connectivity index (χ2v) is 4.61. The molecular formula is C12H14ClN3O2. The Bertz CT molecular complexity index is 490. The molecule has 6 heteroatoms. The van der Waals surface area contributed by atoms with E-state index in [9.17, 15) is 9.59 Å². The molecule has 0 unspecified atom stereocenters. The van der Waals surface area contributed by atoms with E-state index in [4.69, 9.17) is 17.3 Å². The lowest BCUT2D eigenvalue weighted by atomic mass is 10.3. The van der Waals surface area contributed by atoms with Crippen LogP contribution in [0.3, 0.4) is 0 Å². The summed E-state index contributed by atoms with van der Waals surface area (Å²) in [5, 5.41) is 3.08. The monoisotopic (exact) mass is 267 g/mol. The number of halogens is 1. The van der Waals surface area contributed by atoms with Gasteiger partial charge >= 0.3 is 0 Å². The summed E-state index contributed by atoms with van der Waals surface area (Å²) in [6.45, 7) is 0.695. The van der Waals surface area contributed by atoms with E-state index in [2.05, 4.69) is 5.32 Å². The first-order chi connectivity index (χ1) is 8.56. The fraction of sp³-hybridized carbons (Fsp3) is 0.333. The minimum absolute atomic E-state index is 0.0174. The van der Waals surface area contributed by atoms with Gasteiger partial charge in [-0.15, -0.1) is 0 Å². The van der Waals surface area contributed by atoms with E-state index in [0.29, 0.717) is 29.4 Å². The molecule has 0 aromatic heterocycles. The molecule has 1 saturated heterocycles. The van der Waals surface area contributed by atoms with Crippen molar-refractivity contribution < 1.29 is 9.59 Å². The number of amides is 2.